The summed E-state index contributed by atoms with van der Waals surface area (Å²) < 4.78 is 0. The Morgan fingerprint density at radius 1 is 1.33 bits per heavy atom. The summed E-state index contributed by atoms with van der Waals surface area (Å²) in [5.74, 6) is 0. The highest BCUT2D eigenvalue weighted by atomic mass is 32.1. The van der Waals surface area contributed by atoms with Crippen molar-refractivity contribution in [2.75, 3.05) is 0 Å². The maximum absolute atomic E-state index is 10.5. The van der Waals surface area contributed by atoms with Crippen molar-refractivity contribution in [1.29, 1.82) is 0 Å². The minimum Gasteiger partial charge on any atom is -0.305 e. The first-order valence-corrected chi connectivity index (χ1v) is 6.55. The van der Waals surface area contributed by atoms with Crippen molar-refractivity contribution in [2.45, 2.75) is 19.5 Å². The molecule has 2 aromatic rings. The van der Waals surface area contributed by atoms with Gasteiger partial charge in [-0.1, -0.05) is 18.2 Å². The molecule has 18 heavy (non-hydrogen) atoms. The standard InChI is InChI=1S/C13H14N2O2S/c1-10(13-3-2-8-18-13)14-9-11-4-6-12(7-5-11)15(16)17/h2-8,10,14H,9H2,1H3. The smallest absolute Gasteiger partial charge is 0.269 e. The number of nitrogens with one attached hydrogen (secondary N) is 1. The van der Waals surface area contributed by atoms with Gasteiger partial charge >= 0.3 is 0 Å². The average molecular weight is 262 g/mol. The van der Waals surface area contributed by atoms with Crippen LogP contribution in [0.15, 0.2) is 41.8 Å². The highest BCUT2D eigenvalue weighted by Crippen LogP contribution is 2.19. The van der Waals surface area contributed by atoms with Crippen LogP contribution >= 0.6 is 11.3 Å². The molecule has 0 aliphatic rings. The number of hydrogen-bond acceptors (Lipinski definition) is 4. The van der Waals surface area contributed by atoms with Crippen LogP contribution in [0.3, 0.4) is 0 Å². The molecule has 1 unspecified atom stereocenters. The Morgan fingerprint density at radius 2 is 2.06 bits per heavy atom. The van der Waals surface area contributed by atoms with E-state index in [1.54, 1.807) is 23.5 Å². The predicted molar refractivity (Wildman–Crippen MR) is 72.7 cm³/mol. The van der Waals surface area contributed by atoms with E-state index in [9.17, 15) is 10.1 Å². The van der Waals surface area contributed by atoms with E-state index < -0.39 is 0 Å². The van der Waals surface area contributed by atoms with Crippen LogP contribution in [0.5, 0.6) is 0 Å². The van der Waals surface area contributed by atoms with E-state index in [0.29, 0.717) is 12.6 Å². The van der Waals surface area contributed by atoms with Gasteiger partial charge in [0.15, 0.2) is 0 Å². The third-order valence-corrected chi connectivity index (χ3v) is 3.78. The molecule has 1 aromatic heterocycles. The number of hydrogen-bond donors (Lipinski definition) is 1. The topological polar surface area (TPSA) is 55.2 Å². The Kier molecular flexibility index (Phi) is 4.07. The Labute approximate surface area is 109 Å². The van der Waals surface area contributed by atoms with Crippen LogP contribution in [0, 0.1) is 10.1 Å². The molecule has 0 fully saturated rings. The van der Waals surface area contributed by atoms with Gasteiger partial charge in [0.2, 0.25) is 0 Å². The third-order valence-electron chi connectivity index (χ3n) is 2.73. The first kappa shape index (κ1) is 12.7. The minimum atomic E-state index is -0.383. The molecule has 0 spiro atoms. The molecule has 0 saturated carbocycles. The van der Waals surface area contributed by atoms with Gasteiger partial charge < -0.3 is 5.32 Å². The number of non-ortho nitro benzene ring substituents is 1. The second-order valence-electron chi connectivity index (χ2n) is 4.04. The zero-order valence-electron chi connectivity index (χ0n) is 10.00. The van der Waals surface area contributed by atoms with E-state index in [4.69, 9.17) is 0 Å². The molecule has 1 atom stereocenters. The molecule has 2 rings (SSSR count). The van der Waals surface area contributed by atoms with E-state index in [2.05, 4.69) is 23.7 Å². The lowest BCUT2D eigenvalue weighted by atomic mass is 10.2. The SMILES string of the molecule is CC(NCc1ccc([N+](=O)[O-])cc1)c1cccs1. The fourth-order valence-electron chi connectivity index (χ4n) is 1.64. The zero-order valence-corrected chi connectivity index (χ0v) is 10.8. The Hall–Kier alpha value is -1.72. The highest BCUT2D eigenvalue weighted by molar-refractivity contribution is 7.10. The first-order valence-electron chi connectivity index (χ1n) is 5.67. The van der Waals surface area contributed by atoms with Crippen LogP contribution in [0.2, 0.25) is 0 Å². The second-order valence-corrected chi connectivity index (χ2v) is 5.02. The molecule has 0 bridgehead atoms. The van der Waals surface area contributed by atoms with E-state index in [0.717, 1.165) is 5.56 Å². The number of nitro groups is 1. The Bertz CT molecular complexity index is 508. The highest BCUT2D eigenvalue weighted by Gasteiger charge is 2.07. The molecule has 1 N–H and O–H groups in total. The first-order chi connectivity index (χ1) is 8.66. The fourth-order valence-corrected chi connectivity index (χ4v) is 2.40. The molecular formula is C13H14N2O2S. The van der Waals surface area contributed by atoms with E-state index >= 15 is 0 Å². The predicted octanol–water partition coefficient (Wildman–Crippen LogP) is 3.51. The van der Waals surface area contributed by atoms with Crippen molar-refractivity contribution >= 4 is 17.0 Å². The van der Waals surface area contributed by atoms with Gasteiger partial charge in [0.05, 0.1) is 4.92 Å². The fraction of sp³-hybridized carbons (Fsp3) is 0.231. The van der Waals surface area contributed by atoms with Gasteiger partial charge in [-0.05, 0) is 23.9 Å². The number of thiophene rings is 1. The van der Waals surface area contributed by atoms with Gasteiger partial charge in [0.25, 0.3) is 5.69 Å². The summed E-state index contributed by atoms with van der Waals surface area (Å²) in [4.78, 5) is 11.4. The third kappa shape index (κ3) is 3.15. The van der Waals surface area contributed by atoms with E-state index in [1.165, 1.54) is 17.0 Å². The summed E-state index contributed by atoms with van der Waals surface area (Å²) in [7, 11) is 0. The molecule has 1 aromatic carbocycles. The summed E-state index contributed by atoms with van der Waals surface area (Å²) in [5.41, 5.74) is 1.18. The quantitative estimate of drug-likeness (QED) is 0.662. The lowest BCUT2D eigenvalue weighted by Crippen LogP contribution is -2.17. The monoisotopic (exact) mass is 262 g/mol. The molecule has 94 valence electrons. The van der Waals surface area contributed by atoms with Gasteiger partial charge in [0.1, 0.15) is 0 Å². The maximum Gasteiger partial charge on any atom is 0.269 e. The minimum absolute atomic E-state index is 0.130. The molecule has 5 heteroatoms. The largest absolute Gasteiger partial charge is 0.305 e. The zero-order chi connectivity index (χ0) is 13.0. The van der Waals surface area contributed by atoms with Crippen molar-refractivity contribution in [3.05, 3.63) is 62.3 Å². The molecule has 4 nitrogen and oxygen atoms in total. The van der Waals surface area contributed by atoms with Crippen LogP contribution in [-0.4, -0.2) is 4.92 Å². The number of nitrogens with zero attached hydrogens (tertiary/aromatic N) is 1. The number of benzene rings is 1. The van der Waals surface area contributed by atoms with Crippen LogP contribution in [0.1, 0.15) is 23.4 Å². The van der Waals surface area contributed by atoms with Crippen molar-refractivity contribution in [3.8, 4) is 0 Å². The van der Waals surface area contributed by atoms with Gasteiger partial charge in [0, 0.05) is 29.6 Å². The molecule has 0 radical (unpaired) electrons. The van der Waals surface area contributed by atoms with E-state index in [-0.39, 0.29) is 10.6 Å². The van der Waals surface area contributed by atoms with Crippen molar-refractivity contribution < 1.29 is 4.92 Å². The van der Waals surface area contributed by atoms with Crippen molar-refractivity contribution in [2.24, 2.45) is 0 Å². The van der Waals surface area contributed by atoms with Crippen LogP contribution in [0.4, 0.5) is 5.69 Å². The Balaban J connectivity index is 1.92. The lowest BCUT2D eigenvalue weighted by Gasteiger charge is -2.11. The van der Waals surface area contributed by atoms with Crippen molar-refractivity contribution in [1.82, 2.24) is 5.32 Å². The average Bonchev–Trinajstić information content (AvgIpc) is 2.90. The summed E-state index contributed by atoms with van der Waals surface area (Å²) in [6.07, 6.45) is 0. The van der Waals surface area contributed by atoms with Crippen LogP contribution in [-0.2, 0) is 6.54 Å². The normalized spacial score (nSPS) is 12.3. The van der Waals surface area contributed by atoms with Gasteiger partial charge in [-0.2, -0.15) is 0 Å². The summed E-state index contributed by atoms with van der Waals surface area (Å²) in [5, 5.41) is 16.0. The van der Waals surface area contributed by atoms with Gasteiger partial charge in [-0.15, -0.1) is 11.3 Å². The lowest BCUT2D eigenvalue weighted by molar-refractivity contribution is -0.384. The second kappa shape index (κ2) is 5.75. The molecule has 0 aliphatic heterocycles. The van der Waals surface area contributed by atoms with E-state index in [1.807, 2.05) is 6.07 Å². The van der Waals surface area contributed by atoms with Crippen LogP contribution < -0.4 is 5.32 Å². The van der Waals surface area contributed by atoms with Gasteiger partial charge in [-0.3, -0.25) is 10.1 Å². The molecular weight excluding hydrogens is 248 g/mol. The number of rotatable bonds is 5. The number of nitro benzene ring substituents is 1. The molecule has 0 saturated heterocycles. The Morgan fingerprint density at radius 3 is 2.61 bits per heavy atom. The summed E-state index contributed by atoms with van der Waals surface area (Å²) >= 11 is 1.72. The van der Waals surface area contributed by atoms with Crippen molar-refractivity contribution in [3.63, 3.8) is 0 Å². The summed E-state index contributed by atoms with van der Waals surface area (Å²) in [6.45, 7) is 2.81. The van der Waals surface area contributed by atoms with Gasteiger partial charge in [-0.25, -0.2) is 0 Å². The maximum atomic E-state index is 10.5. The summed E-state index contributed by atoms with van der Waals surface area (Å²) in [6, 6.07) is 11.1. The van der Waals surface area contributed by atoms with Crippen LogP contribution in [0.25, 0.3) is 0 Å². The molecule has 0 aliphatic carbocycles. The molecule has 1 heterocycles. The molecule has 0 amide bonds.